The van der Waals surface area contributed by atoms with Gasteiger partial charge in [0.2, 0.25) is 5.95 Å². The fourth-order valence-electron chi connectivity index (χ4n) is 11.3. The zero-order chi connectivity index (χ0) is 47.2. The van der Waals surface area contributed by atoms with Crippen LogP contribution in [0.4, 0.5) is 0 Å². The van der Waals surface area contributed by atoms with Gasteiger partial charge in [-0.25, -0.2) is 19.9 Å². The van der Waals surface area contributed by atoms with Crippen molar-refractivity contribution in [1.29, 1.82) is 0 Å². The Labute approximate surface area is 410 Å². The highest BCUT2D eigenvalue weighted by Crippen LogP contribution is 2.52. The third-order valence-corrected chi connectivity index (χ3v) is 14.5. The van der Waals surface area contributed by atoms with Crippen molar-refractivity contribution in [1.82, 2.24) is 39.0 Å². The Balaban J connectivity index is 1.08. The molecule has 2 aliphatic carbocycles. The molecule has 0 bridgehead atoms. The summed E-state index contributed by atoms with van der Waals surface area (Å²) in [7, 11) is 0. The average molecular weight is 913 g/mol. The Morgan fingerprint density at radius 3 is 1.62 bits per heavy atom. The Kier molecular flexibility index (Phi) is 9.20. The molecule has 0 unspecified atom stereocenters. The van der Waals surface area contributed by atoms with Crippen LogP contribution in [0.2, 0.25) is 0 Å². The number of hydrogen-bond donors (Lipinski definition) is 0. The summed E-state index contributed by atoms with van der Waals surface area (Å²) in [6.07, 6.45) is 8.48. The summed E-state index contributed by atoms with van der Waals surface area (Å²) < 4.78 is 4.66. The van der Waals surface area contributed by atoms with Gasteiger partial charge in [0.15, 0.2) is 29.1 Å². The van der Waals surface area contributed by atoms with Crippen LogP contribution < -0.4 is 0 Å². The highest BCUT2D eigenvalue weighted by atomic mass is 15.2. The Morgan fingerprint density at radius 1 is 0.394 bits per heavy atom. The molecule has 0 saturated carbocycles. The molecule has 0 radical (unpaired) electrons. The topological polar surface area (TPSA) is 87.2 Å². The van der Waals surface area contributed by atoms with Gasteiger partial charge < -0.3 is 4.57 Å². The number of rotatable bonds is 7. The summed E-state index contributed by atoms with van der Waals surface area (Å²) in [6, 6.07) is 66.0. The van der Waals surface area contributed by atoms with Crippen molar-refractivity contribution in [3.8, 4) is 68.3 Å². The minimum atomic E-state index is -0.291. The lowest BCUT2D eigenvalue weighted by molar-refractivity contribution is 0.661. The maximum Gasteiger partial charge on any atom is 0.238 e. The van der Waals surface area contributed by atoms with Gasteiger partial charge in [0.05, 0.1) is 27.8 Å². The second-order valence-electron chi connectivity index (χ2n) is 18.9. The molecule has 14 rings (SSSR count). The van der Waals surface area contributed by atoms with E-state index in [1.165, 1.54) is 22.3 Å². The van der Waals surface area contributed by atoms with Crippen molar-refractivity contribution in [2.24, 2.45) is 0 Å². The van der Waals surface area contributed by atoms with E-state index >= 15 is 0 Å². The predicted molar refractivity (Wildman–Crippen MR) is 288 cm³/mol. The Bertz CT molecular complexity index is 4200. The highest BCUT2D eigenvalue weighted by Gasteiger charge is 2.38. The molecule has 0 amide bonds. The van der Waals surface area contributed by atoms with Crippen molar-refractivity contribution >= 4 is 49.2 Å². The Morgan fingerprint density at radius 2 is 0.915 bits per heavy atom. The SMILES string of the molecule is CC1(C)c2ccccc2-c2cccc(-c3nc(-c4ccccc4)nc(-n4c5ccccc5c5ccc6c7ccccc7n(-c7ccccc7-c7nc(C8=CCCC=C8)nc(-c8ccccc8)n7)c6c54)n3)c21. The van der Waals surface area contributed by atoms with E-state index in [-0.39, 0.29) is 5.41 Å². The van der Waals surface area contributed by atoms with Crippen molar-refractivity contribution in [2.45, 2.75) is 32.1 Å². The van der Waals surface area contributed by atoms with Gasteiger partial charge in [0, 0.05) is 54.8 Å². The number of para-hydroxylation sites is 3. The van der Waals surface area contributed by atoms with Gasteiger partial charge in [-0.3, -0.25) is 4.57 Å². The van der Waals surface area contributed by atoms with E-state index < -0.39 is 0 Å². The van der Waals surface area contributed by atoms with Crippen molar-refractivity contribution < 1.29 is 0 Å². The largest absolute Gasteiger partial charge is 0.306 e. The Hall–Kier alpha value is -9.14. The standard InChI is InChI=1S/C63H44N8/c1-63(2)50-33-16-12-27-42(50)45-31-20-32-49(54(45)63)61-67-59(41-25-10-5-11-26-41)68-62(69-61)71-52-35-18-14-29-44(52)47-38-37-46-43-28-13-17-34-51(43)70(55(46)56(47)71)53-36-19-15-30-48(53)60-65-57(39-21-6-3-7-22-39)64-58(66-60)40-23-8-4-9-24-40/h3,5-8,10-38H,4,9H2,1-2H3. The summed E-state index contributed by atoms with van der Waals surface area (Å²) in [5.41, 5.74) is 14.4. The molecular weight excluding hydrogens is 869 g/mol. The molecule has 0 aliphatic heterocycles. The summed E-state index contributed by atoms with van der Waals surface area (Å²) in [5.74, 6) is 3.63. The first-order chi connectivity index (χ1) is 35.0. The number of fused-ring (bicyclic) bond motifs is 10. The maximum absolute atomic E-state index is 5.59. The van der Waals surface area contributed by atoms with Crippen LogP contribution in [-0.2, 0) is 5.41 Å². The van der Waals surface area contributed by atoms with Gasteiger partial charge in [-0.2, -0.15) is 9.97 Å². The summed E-state index contributed by atoms with van der Waals surface area (Å²) >= 11 is 0. The molecule has 8 aromatic carbocycles. The van der Waals surface area contributed by atoms with E-state index in [4.69, 9.17) is 29.9 Å². The average Bonchev–Trinajstić information content (AvgIpc) is 4.04. The molecule has 4 heterocycles. The van der Waals surface area contributed by atoms with Gasteiger partial charge in [0.1, 0.15) is 0 Å². The minimum absolute atomic E-state index is 0.291. The fraction of sp³-hybridized carbons (Fsp3) is 0.0794. The fourth-order valence-corrected chi connectivity index (χ4v) is 11.3. The van der Waals surface area contributed by atoms with Crippen LogP contribution in [0.25, 0.3) is 117 Å². The third-order valence-electron chi connectivity index (χ3n) is 14.5. The highest BCUT2D eigenvalue weighted by molar-refractivity contribution is 6.24. The predicted octanol–water partition coefficient (Wildman–Crippen LogP) is 15.0. The van der Waals surface area contributed by atoms with E-state index in [0.29, 0.717) is 35.1 Å². The van der Waals surface area contributed by atoms with Crippen molar-refractivity contribution in [3.63, 3.8) is 0 Å². The normalized spacial score (nSPS) is 13.8. The first kappa shape index (κ1) is 40.9. The summed E-state index contributed by atoms with van der Waals surface area (Å²) in [4.78, 5) is 32.0. The van der Waals surface area contributed by atoms with Crippen LogP contribution in [0, 0.1) is 0 Å². The maximum atomic E-state index is 5.59. The second kappa shape index (κ2) is 16.0. The molecule has 71 heavy (non-hydrogen) atoms. The monoisotopic (exact) mass is 912 g/mol. The van der Waals surface area contributed by atoms with Gasteiger partial charge in [-0.05, 0) is 59.4 Å². The van der Waals surface area contributed by atoms with Gasteiger partial charge in [0.25, 0.3) is 0 Å². The quantitative estimate of drug-likeness (QED) is 0.158. The molecule has 2 aliphatic rings. The van der Waals surface area contributed by atoms with E-state index in [9.17, 15) is 0 Å². The first-order valence-corrected chi connectivity index (χ1v) is 24.3. The molecule has 0 spiro atoms. The molecule has 4 aromatic heterocycles. The van der Waals surface area contributed by atoms with Gasteiger partial charge in [-0.15, -0.1) is 0 Å². The molecule has 12 aromatic rings. The van der Waals surface area contributed by atoms with Gasteiger partial charge >= 0.3 is 0 Å². The second-order valence-corrected chi connectivity index (χ2v) is 18.9. The molecule has 336 valence electrons. The molecule has 0 saturated heterocycles. The van der Waals surface area contributed by atoms with Crippen LogP contribution in [-0.4, -0.2) is 39.0 Å². The van der Waals surface area contributed by atoms with E-state index in [2.05, 4.69) is 193 Å². The smallest absolute Gasteiger partial charge is 0.238 e. The lowest BCUT2D eigenvalue weighted by Gasteiger charge is -2.24. The van der Waals surface area contributed by atoms with Crippen LogP contribution in [0.1, 0.15) is 43.6 Å². The molecule has 0 N–H and O–H groups in total. The third kappa shape index (κ3) is 6.38. The number of aromatic nitrogens is 8. The van der Waals surface area contributed by atoms with E-state index in [1.54, 1.807) is 0 Å². The van der Waals surface area contributed by atoms with Crippen LogP contribution >= 0.6 is 0 Å². The van der Waals surface area contributed by atoms with E-state index in [1.807, 2.05) is 36.4 Å². The van der Waals surface area contributed by atoms with Gasteiger partial charge in [-0.1, -0.05) is 196 Å². The number of allylic oxidation sites excluding steroid dienone is 4. The van der Waals surface area contributed by atoms with Crippen LogP contribution in [0.15, 0.2) is 206 Å². The molecule has 8 nitrogen and oxygen atoms in total. The van der Waals surface area contributed by atoms with E-state index in [0.717, 1.165) is 90.0 Å². The van der Waals surface area contributed by atoms with Crippen molar-refractivity contribution in [3.05, 3.63) is 223 Å². The molecule has 8 heteroatoms. The lowest BCUT2D eigenvalue weighted by atomic mass is 9.80. The lowest BCUT2D eigenvalue weighted by Crippen LogP contribution is -2.17. The van der Waals surface area contributed by atoms with Crippen LogP contribution in [0.3, 0.4) is 0 Å². The first-order valence-electron chi connectivity index (χ1n) is 24.3. The zero-order valence-corrected chi connectivity index (χ0v) is 39.1. The number of benzene rings is 8. The van der Waals surface area contributed by atoms with Crippen molar-refractivity contribution in [2.75, 3.05) is 0 Å². The number of nitrogens with zero attached hydrogens (tertiary/aromatic N) is 8. The van der Waals surface area contributed by atoms with Crippen LogP contribution in [0.5, 0.6) is 0 Å². The summed E-state index contributed by atoms with van der Waals surface area (Å²) in [5, 5.41) is 4.40. The molecular formula is C63H44N8. The number of hydrogen-bond acceptors (Lipinski definition) is 6. The zero-order valence-electron chi connectivity index (χ0n) is 39.1. The summed E-state index contributed by atoms with van der Waals surface area (Å²) in [6.45, 7) is 4.62. The molecule has 0 fully saturated rings. The minimum Gasteiger partial charge on any atom is -0.306 e. The molecule has 0 atom stereocenters.